The van der Waals surface area contributed by atoms with Crippen LogP contribution >= 0.6 is 0 Å². The van der Waals surface area contributed by atoms with Gasteiger partial charge in [0.2, 0.25) is 5.91 Å². The number of imidazole rings is 1. The molecule has 0 unspecified atom stereocenters. The van der Waals surface area contributed by atoms with Crippen LogP contribution in [0.15, 0.2) is 30.6 Å². The van der Waals surface area contributed by atoms with Gasteiger partial charge in [-0.3, -0.25) is 9.69 Å². The quantitative estimate of drug-likeness (QED) is 0.862. The van der Waals surface area contributed by atoms with Crippen LogP contribution in [0.2, 0.25) is 0 Å². The van der Waals surface area contributed by atoms with Crippen LogP contribution in [0.25, 0.3) is 5.65 Å². The number of amides is 1. The molecular formula is C20H28N4O. The van der Waals surface area contributed by atoms with E-state index in [-0.39, 0.29) is 5.92 Å². The number of aromatic nitrogens is 2. The van der Waals surface area contributed by atoms with E-state index >= 15 is 0 Å². The van der Waals surface area contributed by atoms with Crippen molar-refractivity contribution in [2.75, 3.05) is 26.2 Å². The molecule has 134 valence electrons. The third kappa shape index (κ3) is 3.71. The van der Waals surface area contributed by atoms with Crippen molar-refractivity contribution in [2.24, 2.45) is 5.92 Å². The number of carbonyl (C=O) groups is 1. The molecule has 5 heteroatoms. The van der Waals surface area contributed by atoms with Crippen molar-refractivity contribution < 1.29 is 4.79 Å². The minimum Gasteiger partial charge on any atom is -0.342 e. The molecular weight excluding hydrogens is 312 g/mol. The standard InChI is InChI=1S/C20H28N4O/c25-20(23-11-4-1-2-5-12-23)17-8-7-10-22(15-17)16-18-14-21-19-9-3-6-13-24(18)19/h3,6,9,13-14,17H,1-2,4-5,7-8,10-12,15-16H2/t17-/m1/s1. The number of rotatable bonds is 3. The number of hydrogen-bond acceptors (Lipinski definition) is 3. The van der Waals surface area contributed by atoms with E-state index in [1.54, 1.807) is 0 Å². The Bertz CT molecular complexity index is 717. The molecule has 0 radical (unpaired) electrons. The predicted octanol–water partition coefficient (Wildman–Crippen LogP) is 2.95. The van der Waals surface area contributed by atoms with Gasteiger partial charge in [0, 0.05) is 32.4 Å². The van der Waals surface area contributed by atoms with Crippen molar-refractivity contribution in [1.82, 2.24) is 19.2 Å². The molecule has 1 atom stereocenters. The van der Waals surface area contributed by atoms with Crippen LogP contribution in [0.4, 0.5) is 0 Å². The lowest BCUT2D eigenvalue weighted by molar-refractivity contribution is -0.137. The van der Waals surface area contributed by atoms with E-state index in [4.69, 9.17) is 0 Å². The van der Waals surface area contributed by atoms with Crippen LogP contribution in [-0.4, -0.2) is 51.3 Å². The molecule has 4 heterocycles. The second-order valence-corrected chi connectivity index (χ2v) is 7.49. The van der Waals surface area contributed by atoms with Crippen molar-refractivity contribution in [1.29, 1.82) is 0 Å². The molecule has 4 rings (SSSR count). The maximum atomic E-state index is 12.9. The third-order valence-electron chi connectivity index (χ3n) is 5.65. The number of hydrogen-bond donors (Lipinski definition) is 0. The minimum absolute atomic E-state index is 0.172. The number of carbonyl (C=O) groups excluding carboxylic acids is 1. The molecule has 0 aromatic carbocycles. The van der Waals surface area contributed by atoms with Crippen LogP contribution < -0.4 is 0 Å². The molecule has 0 N–H and O–H groups in total. The predicted molar refractivity (Wildman–Crippen MR) is 98.2 cm³/mol. The fraction of sp³-hybridized carbons (Fsp3) is 0.600. The fourth-order valence-electron chi connectivity index (χ4n) is 4.28. The van der Waals surface area contributed by atoms with Gasteiger partial charge in [-0.05, 0) is 44.4 Å². The fourth-order valence-corrected chi connectivity index (χ4v) is 4.28. The summed E-state index contributed by atoms with van der Waals surface area (Å²) >= 11 is 0. The monoisotopic (exact) mass is 340 g/mol. The highest BCUT2D eigenvalue weighted by atomic mass is 16.2. The summed E-state index contributed by atoms with van der Waals surface area (Å²) in [6.45, 7) is 4.75. The summed E-state index contributed by atoms with van der Waals surface area (Å²) in [5.74, 6) is 0.566. The lowest BCUT2D eigenvalue weighted by Gasteiger charge is -2.34. The summed E-state index contributed by atoms with van der Waals surface area (Å²) < 4.78 is 2.15. The second kappa shape index (κ2) is 7.56. The van der Waals surface area contributed by atoms with E-state index in [1.165, 1.54) is 31.4 Å². The van der Waals surface area contributed by atoms with Crippen molar-refractivity contribution in [3.8, 4) is 0 Å². The average molecular weight is 340 g/mol. The van der Waals surface area contributed by atoms with Gasteiger partial charge in [0.15, 0.2) is 0 Å². The molecule has 0 spiro atoms. The van der Waals surface area contributed by atoms with E-state index in [9.17, 15) is 4.79 Å². The molecule has 0 bridgehead atoms. The third-order valence-corrected chi connectivity index (χ3v) is 5.65. The lowest BCUT2D eigenvalue weighted by Crippen LogP contribution is -2.45. The average Bonchev–Trinajstić information content (AvgIpc) is 2.87. The Kier molecular flexibility index (Phi) is 5.02. The molecule has 5 nitrogen and oxygen atoms in total. The summed E-state index contributed by atoms with van der Waals surface area (Å²) in [6.07, 6.45) is 11.1. The highest BCUT2D eigenvalue weighted by Crippen LogP contribution is 2.22. The van der Waals surface area contributed by atoms with Crippen LogP contribution in [0, 0.1) is 5.92 Å². The van der Waals surface area contributed by atoms with Crippen LogP contribution in [-0.2, 0) is 11.3 Å². The topological polar surface area (TPSA) is 40.9 Å². The number of pyridine rings is 1. The SMILES string of the molecule is O=C([C@@H]1CCCN(Cc2cnc3ccccn23)C1)N1CCCCCC1. The first-order valence-electron chi connectivity index (χ1n) is 9.73. The van der Waals surface area contributed by atoms with Crippen molar-refractivity contribution in [3.05, 3.63) is 36.3 Å². The molecule has 2 aliphatic heterocycles. The summed E-state index contributed by atoms with van der Waals surface area (Å²) in [4.78, 5) is 22.0. The van der Waals surface area contributed by atoms with E-state index in [1.807, 2.05) is 24.4 Å². The van der Waals surface area contributed by atoms with Gasteiger partial charge in [-0.25, -0.2) is 4.98 Å². The molecule has 2 fully saturated rings. The summed E-state index contributed by atoms with van der Waals surface area (Å²) in [5.41, 5.74) is 2.20. The Morgan fingerprint density at radius 3 is 2.76 bits per heavy atom. The highest BCUT2D eigenvalue weighted by Gasteiger charge is 2.29. The molecule has 2 aromatic rings. The summed E-state index contributed by atoms with van der Waals surface area (Å²) in [6, 6.07) is 6.09. The van der Waals surface area contributed by atoms with Gasteiger partial charge in [-0.2, -0.15) is 0 Å². The first kappa shape index (κ1) is 16.6. The van der Waals surface area contributed by atoms with Crippen molar-refractivity contribution in [3.63, 3.8) is 0 Å². The number of fused-ring (bicyclic) bond motifs is 1. The molecule has 0 aliphatic carbocycles. The minimum atomic E-state index is 0.172. The molecule has 25 heavy (non-hydrogen) atoms. The van der Waals surface area contributed by atoms with Crippen LogP contribution in [0.3, 0.4) is 0 Å². The Morgan fingerprint density at radius 2 is 1.92 bits per heavy atom. The maximum absolute atomic E-state index is 12.9. The smallest absolute Gasteiger partial charge is 0.226 e. The Labute approximate surface area is 149 Å². The first-order chi connectivity index (χ1) is 12.3. The molecule has 1 amide bonds. The Morgan fingerprint density at radius 1 is 1.08 bits per heavy atom. The van der Waals surface area contributed by atoms with E-state index in [2.05, 4.69) is 25.4 Å². The Hall–Kier alpha value is -1.88. The number of piperidine rings is 1. The van der Waals surface area contributed by atoms with E-state index in [0.29, 0.717) is 5.91 Å². The summed E-state index contributed by atoms with van der Waals surface area (Å²) in [5, 5.41) is 0. The highest BCUT2D eigenvalue weighted by molar-refractivity contribution is 5.79. The lowest BCUT2D eigenvalue weighted by atomic mass is 9.96. The second-order valence-electron chi connectivity index (χ2n) is 7.49. The molecule has 2 aromatic heterocycles. The van der Waals surface area contributed by atoms with Gasteiger partial charge < -0.3 is 9.30 Å². The van der Waals surface area contributed by atoms with E-state index < -0.39 is 0 Å². The maximum Gasteiger partial charge on any atom is 0.226 e. The zero-order valence-corrected chi connectivity index (χ0v) is 14.9. The molecule has 0 saturated carbocycles. The van der Waals surface area contributed by atoms with Gasteiger partial charge in [0.25, 0.3) is 0 Å². The zero-order valence-electron chi connectivity index (χ0n) is 14.9. The first-order valence-corrected chi connectivity index (χ1v) is 9.73. The van der Waals surface area contributed by atoms with Gasteiger partial charge in [-0.1, -0.05) is 18.9 Å². The zero-order chi connectivity index (χ0) is 17.1. The van der Waals surface area contributed by atoms with Crippen molar-refractivity contribution in [2.45, 2.75) is 45.1 Å². The summed E-state index contributed by atoms with van der Waals surface area (Å²) in [7, 11) is 0. The van der Waals surface area contributed by atoms with Gasteiger partial charge in [-0.15, -0.1) is 0 Å². The van der Waals surface area contributed by atoms with Crippen molar-refractivity contribution >= 4 is 11.6 Å². The normalized spacial score (nSPS) is 22.9. The van der Waals surface area contributed by atoms with Gasteiger partial charge >= 0.3 is 0 Å². The van der Waals surface area contributed by atoms with Gasteiger partial charge in [0.05, 0.1) is 17.8 Å². The van der Waals surface area contributed by atoms with Crippen LogP contribution in [0.5, 0.6) is 0 Å². The molecule has 2 aliphatic rings. The number of likely N-dealkylation sites (tertiary alicyclic amines) is 2. The molecule has 2 saturated heterocycles. The van der Waals surface area contributed by atoms with Crippen LogP contribution in [0.1, 0.15) is 44.2 Å². The van der Waals surface area contributed by atoms with Gasteiger partial charge in [0.1, 0.15) is 5.65 Å². The Balaban J connectivity index is 1.41. The largest absolute Gasteiger partial charge is 0.342 e. The van der Waals surface area contributed by atoms with E-state index in [0.717, 1.165) is 51.2 Å². The number of nitrogens with zero attached hydrogens (tertiary/aromatic N) is 4.